The summed E-state index contributed by atoms with van der Waals surface area (Å²) in [7, 11) is 0. The van der Waals surface area contributed by atoms with Gasteiger partial charge in [-0.25, -0.2) is 9.55 Å². The van der Waals surface area contributed by atoms with Crippen LogP contribution in [-0.4, -0.2) is 37.8 Å². The Kier molecular flexibility index (Phi) is 7.91. The quantitative estimate of drug-likeness (QED) is 0.418. The summed E-state index contributed by atoms with van der Waals surface area (Å²) in [6.45, 7) is 6.22. The minimum absolute atomic E-state index is 0. The second-order valence-corrected chi connectivity index (χ2v) is 6.52. The summed E-state index contributed by atoms with van der Waals surface area (Å²) >= 11 is 0. The lowest BCUT2D eigenvalue weighted by atomic mass is 10.1. The lowest BCUT2D eigenvalue weighted by Crippen LogP contribution is -3.14. The molecule has 2 heterocycles. The minimum atomic E-state index is 0. The van der Waals surface area contributed by atoms with Gasteiger partial charge in [-0.15, -0.1) is 0 Å². The number of aromatic amines is 1. The van der Waals surface area contributed by atoms with Crippen LogP contribution in [0.1, 0.15) is 11.4 Å². The number of hydrogen-bond acceptors (Lipinski definition) is 1. The number of imidazole rings is 1. The molecule has 2 N–H and O–H groups in total. The number of aromatic nitrogens is 2. The van der Waals surface area contributed by atoms with Crippen molar-refractivity contribution in [2.75, 3.05) is 32.8 Å². The van der Waals surface area contributed by atoms with Gasteiger partial charge in [0.25, 0.3) is 5.82 Å². The van der Waals surface area contributed by atoms with E-state index < -0.39 is 0 Å². The third-order valence-electron chi connectivity index (χ3n) is 4.90. The maximum absolute atomic E-state index is 5.48. The van der Waals surface area contributed by atoms with Crippen LogP contribution >= 0.6 is 0 Å². The summed E-state index contributed by atoms with van der Waals surface area (Å²) in [5.74, 6) is 1.29. The summed E-state index contributed by atoms with van der Waals surface area (Å²) in [5.41, 5.74) is 3.87. The van der Waals surface area contributed by atoms with Crippen LogP contribution in [0.4, 0.5) is 0 Å². The highest BCUT2D eigenvalue weighted by molar-refractivity contribution is 5.71. The highest BCUT2D eigenvalue weighted by Gasteiger charge is 2.21. The molecule has 4 rings (SSSR count). The van der Waals surface area contributed by atoms with Crippen molar-refractivity contribution in [1.29, 1.82) is 0 Å². The summed E-state index contributed by atoms with van der Waals surface area (Å²) in [6, 6.07) is 19.3. The van der Waals surface area contributed by atoms with E-state index in [1.54, 1.807) is 4.90 Å². The molecule has 1 aliphatic rings. The van der Waals surface area contributed by atoms with Crippen molar-refractivity contribution in [3.05, 3.63) is 66.0 Å². The fourth-order valence-electron chi connectivity index (χ4n) is 3.55. The zero-order valence-electron chi connectivity index (χ0n) is 14.8. The molecule has 140 valence electrons. The van der Waals surface area contributed by atoms with Gasteiger partial charge >= 0.3 is 0 Å². The molecule has 0 bridgehead atoms. The Labute approximate surface area is 167 Å². The lowest BCUT2D eigenvalue weighted by molar-refractivity contribution is -0.924. The minimum Gasteiger partial charge on any atom is -1.00 e. The monoisotopic (exact) mass is 393 g/mol. The molecule has 4 nitrogen and oxygen atoms in total. The predicted octanol–water partition coefficient (Wildman–Crippen LogP) is -5.03. The topological polar surface area (TPSA) is 33.3 Å². The molecule has 1 saturated heterocycles. The first-order valence-electron chi connectivity index (χ1n) is 8.85. The van der Waals surface area contributed by atoms with Gasteiger partial charge in [0.05, 0.1) is 19.6 Å². The van der Waals surface area contributed by atoms with Crippen molar-refractivity contribution in [1.82, 2.24) is 4.98 Å². The molecule has 1 aliphatic heterocycles. The first-order valence-corrected chi connectivity index (χ1v) is 8.85. The first-order chi connectivity index (χ1) is 11.9. The molecule has 0 amide bonds. The average Bonchev–Trinajstić information content (AvgIpc) is 2.99. The van der Waals surface area contributed by atoms with Gasteiger partial charge in [-0.3, -0.25) is 0 Å². The molecule has 0 unspecified atom stereocenters. The molecule has 0 spiro atoms. The molecule has 3 aromatic rings. The van der Waals surface area contributed by atoms with Gasteiger partial charge in [0.2, 0.25) is 0 Å². The fraction of sp³-hybridized carbons (Fsp3) is 0.350. The van der Waals surface area contributed by atoms with Gasteiger partial charge in [0.1, 0.15) is 26.2 Å². The second-order valence-electron chi connectivity index (χ2n) is 6.52. The zero-order chi connectivity index (χ0) is 16.2. The standard InChI is InChI=1S/C20H23N3O.2ClH/c1-2-6-17(7-3-1)16-20-21-18-8-4-5-9-19(18)23(20)11-10-22-12-14-24-15-13-22;;/h1-9H,10-16H2;2*1H. The average molecular weight is 394 g/mol. The molecule has 26 heavy (non-hydrogen) atoms. The van der Waals surface area contributed by atoms with E-state index in [0.717, 1.165) is 45.8 Å². The van der Waals surface area contributed by atoms with Crippen molar-refractivity contribution in [2.24, 2.45) is 0 Å². The van der Waals surface area contributed by atoms with Gasteiger partial charge < -0.3 is 34.5 Å². The Morgan fingerprint density at radius 1 is 0.923 bits per heavy atom. The van der Waals surface area contributed by atoms with E-state index in [-0.39, 0.29) is 24.8 Å². The van der Waals surface area contributed by atoms with Crippen LogP contribution in [-0.2, 0) is 17.7 Å². The van der Waals surface area contributed by atoms with Crippen LogP contribution in [0, 0.1) is 0 Å². The highest BCUT2D eigenvalue weighted by Crippen LogP contribution is 2.12. The summed E-state index contributed by atoms with van der Waals surface area (Å²) in [5, 5.41) is 0. The Bertz CT molecular complexity index is 801. The maximum atomic E-state index is 5.48. The molecule has 6 heteroatoms. The number of ether oxygens (including phenoxy) is 1. The van der Waals surface area contributed by atoms with Gasteiger partial charge in [0, 0.05) is 0 Å². The smallest absolute Gasteiger partial charge is 0.259 e. The number of nitrogens with one attached hydrogen (secondary N) is 2. The number of hydrogen-bond donors (Lipinski definition) is 2. The third-order valence-corrected chi connectivity index (χ3v) is 4.90. The number of quaternary nitrogens is 1. The number of nitrogens with zero attached hydrogens (tertiary/aromatic N) is 1. The first kappa shape index (κ1) is 20.7. The van der Waals surface area contributed by atoms with E-state index in [1.165, 1.54) is 22.4 Å². The largest absolute Gasteiger partial charge is 1.00 e. The van der Waals surface area contributed by atoms with E-state index in [1.807, 2.05) is 0 Å². The van der Waals surface area contributed by atoms with Gasteiger partial charge in [-0.2, -0.15) is 0 Å². The van der Waals surface area contributed by atoms with Gasteiger partial charge in [-0.1, -0.05) is 42.5 Å². The van der Waals surface area contributed by atoms with E-state index in [0.29, 0.717) is 0 Å². The number of fused-ring (bicyclic) bond motifs is 1. The van der Waals surface area contributed by atoms with Crippen LogP contribution in [0.5, 0.6) is 0 Å². The zero-order valence-corrected chi connectivity index (χ0v) is 16.3. The molecular formula is C20H25Cl2N3O. The van der Waals surface area contributed by atoms with Crippen molar-refractivity contribution in [3.63, 3.8) is 0 Å². The van der Waals surface area contributed by atoms with Crippen LogP contribution in [0.3, 0.4) is 0 Å². The number of benzene rings is 2. The van der Waals surface area contributed by atoms with Crippen molar-refractivity contribution < 1.29 is 39.0 Å². The van der Waals surface area contributed by atoms with E-state index in [4.69, 9.17) is 4.74 Å². The lowest BCUT2D eigenvalue weighted by Gasteiger charge is -2.23. The van der Waals surface area contributed by atoms with E-state index in [9.17, 15) is 0 Å². The highest BCUT2D eigenvalue weighted by atomic mass is 35.5. The van der Waals surface area contributed by atoms with Crippen molar-refractivity contribution in [3.8, 4) is 0 Å². The summed E-state index contributed by atoms with van der Waals surface area (Å²) < 4.78 is 7.94. The molecule has 0 radical (unpaired) electrons. The molecule has 1 fully saturated rings. The maximum Gasteiger partial charge on any atom is 0.259 e. The SMILES string of the molecule is [Cl-].[Cl-].c1ccc(Cc2[nH]c3ccccc3[n+]2CC[NH+]2CCOCC2)cc1. The van der Waals surface area contributed by atoms with Crippen LogP contribution in [0.25, 0.3) is 11.0 Å². The Morgan fingerprint density at radius 3 is 2.38 bits per heavy atom. The number of morpholine rings is 1. The molecule has 0 atom stereocenters. The van der Waals surface area contributed by atoms with Gasteiger partial charge in [-0.05, 0) is 17.7 Å². The second kappa shape index (κ2) is 9.93. The van der Waals surface area contributed by atoms with Crippen molar-refractivity contribution in [2.45, 2.75) is 13.0 Å². The van der Waals surface area contributed by atoms with Crippen LogP contribution < -0.4 is 34.3 Å². The molecule has 0 aliphatic carbocycles. The fourth-order valence-corrected chi connectivity index (χ4v) is 3.55. The van der Waals surface area contributed by atoms with Gasteiger partial charge in [0.15, 0.2) is 11.0 Å². The van der Waals surface area contributed by atoms with Crippen molar-refractivity contribution >= 4 is 11.0 Å². The number of halogens is 2. The van der Waals surface area contributed by atoms with E-state index >= 15 is 0 Å². The number of para-hydroxylation sites is 2. The Hall–Kier alpha value is -1.59. The predicted molar refractivity (Wildman–Crippen MR) is 94.1 cm³/mol. The van der Waals surface area contributed by atoms with E-state index in [2.05, 4.69) is 64.1 Å². The summed E-state index contributed by atoms with van der Waals surface area (Å²) in [4.78, 5) is 5.27. The molecule has 2 aromatic carbocycles. The Morgan fingerprint density at radius 2 is 1.62 bits per heavy atom. The van der Waals surface area contributed by atoms with Crippen LogP contribution in [0.2, 0.25) is 0 Å². The molecule has 0 saturated carbocycles. The number of H-pyrrole nitrogens is 1. The summed E-state index contributed by atoms with van der Waals surface area (Å²) in [6.07, 6.45) is 0.938. The normalized spacial score (nSPS) is 14.6. The Balaban J connectivity index is 0.00000121. The third kappa shape index (κ3) is 4.77. The number of rotatable bonds is 5. The molecular weight excluding hydrogens is 369 g/mol. The molecule has 1 aromatic heterocycles. The van der Waals surface area contributed by atoms with Crippen LogP contribution in [0.15, 0.2) is 54.6 Å².